The van der Waals surface area contributed by atoms with Crippen molar-refractivity contribution < 1.29 is 24.0 Å². The maximum Gasteiger partial charge on any atom is 0.287 e. The van der Waals surface area contributed by atoms with E-state index in [0.717, 1.165) is 43.0 Å². The number of benzene rings is 1. The molecule has 1 aromatic carbocycles. The lowest BCUT2D eigenvalue weighted by Gasteiger charge is -2.54. The van der Waals surface area contributed by atoms with Gasteiger partial charge >= 0.3 is 0 Å². The number of hydrogen-bond donors (Lipinski definition) is 5. The third-order valence-corrected chi connectivity index (χ3v) is 9.85. The maximum absolute atomic E-state index is 13.5. The molecular weight excluding hydrogens is 588 g/mol. The second-order valence-corrected chi connectivity index (χ2v) is 13.0. The molecule has 46 heavy (non-hydrogen) atoms. The Morgan fingerprint density at radius 2 is 1.67 bits per heavy atom. The predicted octanol–water partition coefficient (Wildman–Crippen LogP) is 2.49. The monoisotopic (exact) mass is 628 g/mol. The molecule has 1 atom stereocenters. The van der Waals surface area contributed by atoms with Crippen LogP contribution in [0, 0.1) is 23.7 Å². The Hall–Kier alpha value is -4.74. The van der Waals surface area contributed by atoms with E-state index in [2.05, 4.69) is 26.3 Å². The van der Waals surface area contributed by atoms with Crippen molar-refractivity contribution in [1.29, 1.82) is 0 Å². The Kier molecular flexibility index (Phi) is 9.05. The van der Waals surface area contributed by atoms with Gasteiger partial charge < -0.3 is 30.8 Å². The summed E-state index contributed by atoms with van der Waals surface area (Å²) >= 11 is 0. The van der Waals surface area contributed by atoms with E-state index in [4.69, 9.17) is 0 Å². The molecule has 4 bridgehead atoms. The fourth-order valence-electron chi connectivity index (χ4n) is 7.94. The molecule has 4 aliphatic carbocycles. The number of H-pyrrole nitrogens is 1. The second-order valence-electron chi connectivity index (χ2n) is 13.0. The molecule has 4 amide bonds. The third kappa shape index (κ3) is 6.61. The first-order valence-electron chi connectivity index (χ1n) is 16.2. The molecule has 2 heterocycles. The summed E-state index contributed by atoms with van der Waals surface area (Å²) in [6.45, 7) is 1.77. The highest BCUT2D eigenvalue weighted by molar-refractivity contribution is 6.36. The Morgan fingerprint density at radius 1 is 0.957 bits per heavy atom. The van der Waals surface area contributed by atoms with Crippen LogP contribution in [0.5, 0.6) is 0 Å². The molecule has 4 aliphatic rings. The number of pyridine rings is 1. The van der Waals surface area contributed by atoms with E-state index >= 15 is 0 Å². The normalized spacial score (nSPS) is 23.5. The van der Waals surface area contributed by atoms with Crippen LogP contribution in [-0.4, -0.2) is 57.6 Å². The van der Waals surface area contributed by atoms with Gasteiger partial charge in [0.25, 0.3) is 17.4 Å². The van der Waals surface area contributed by atoms with Gasteiger partial charge in [0, 0.05) is 42.3 Å². The average molecular weight is 629 g/mol. The van der Waals surface area contributed by atoms with Crippen molar-refractivity contribution in [2.24, 2.45) is 23.7 Å². The molecule has 5 N–H and O–H groups in total. The van der Waals surface area contributed by atoms with Crippen LogP contribution in [0.2, 0.25) is 0 Å². The first-order valence-corrected chi connectivity index (χ1v) is 16.2. The minimum atomic E-state index is -1.24. The predicted molar refractivity (Wildman–Crippen MR) is 171 cm³/mol. The molecule has 0 radical (unpaired) electrons. The van der Waals surface area contributed by atoms with Gasteiger partial charge in [-0.05, 0) is 87.3 Å². The molecule has 12 nitrogen and oxygen atoms in total. The lowest BCUT2D eigenvalue weighted by molar-refractivity contribution is -0.138. The molecule has 0 unspecified atom stereocenters. The molecule has 7 rings (SSSR count). The summed E-state index contributed by atoms with van der Waals surface area (Å²) in [5.41, 5.74) is 0.389. The minimum absolute atomic E-state index is 0.0729. The average Bonchev–Trinajstić information content (AvgIpc) is 3.47. The molecule has 0 saturated heterocycles. The Balaban J connectivity index is 1.14. The lowest BCUT2D eigenvalue weighted by atomic mass is 9.54. The molecule has 4 fully saturated rings. The number of amides is 4. The van der Waals surface area contributed by atoms with Crippen LogP contribution in [0.15, 0.2) is 53.6 Å². The van der Waals surface area contributed by atoms with E-state index in [1.807, 2.05) is 12.1 Å². The summed E-state index contributed by atoms with van der Waals surface area (Å²) in [5.74, 6) is -0.480. The number of Topliss-reactive ketones (excluding diaryl/α,β-unsaturated/α-hetero) is 1. The van der Waals surface area contributed by atoms with E-state index in [1.165, 1.54) is 29.4 Å². The van der Waals surface area contributed by atoms with Gasteiger partial charge in [0.15, 0.2) is 0 Å². The maximum atomic E-state index is 13.5. The van der Waals surface area contributed by atoms with Gasteiger partial charge in [-0.3, -0.25) is 28.8 Å². The van der Waals surface area contributed by atoms with Gasteiger partial charge in [-0.15, -0.1) is 0 Å². The molecule has 12 heteroatoms. The summed E-state index contributed by atoms with van der Waals surface area (Å²) in [6.07, 6.45) is 8.50. The number of carbonyl (C=O) groups excluding carboxylic acids is 5. The van der Waals surface area contributed by atoms with E-state index in [-0.39, 0.29) is 43.6 Å². The second kappa shape index (κ2) is 13.3. The van der Waals surface area contributed by atoms with Crippen LogP contribution in [0.4, 0.5) is 5.69 Å². The minimum Gasteiger partial charge on any atom is -0.360 e. The molecule has 4 saturated carbocycles. The highest BCUT2D eigenvalue weighted by atomic mass is 16.2. The number of ketones is 1. The number of carbonyl (C=O) groups is 5. The summed E-state index contributed by atoms with van der Waals surface area (Å²) < 4.78 is 1.25. The van der Waals surface area contributed by atoms with Crippen molar-refractivity contribution in [3.05, 3.63) is 64.7 Å². The van der Waals surface area contributed by atoms with E-state index < -0.39 is 35.1 Å². The van der Waals surface area contributed by atoms with E-state index in [9.17, 15) is 28.8 Å². The van der Waals surface area contributed by atoms with E-state index in [1.54, 1.807) is 25.1 Å². The molecule has 0 spiro atoms. The number of likely N-dealkylation sites (N-methyl/N-ethyl adjacent to an activating group) is 1. The van der Waals surface area contributed by atoms with Gasteiger partial charge in [0.1, 0.15) is 18.3 Å². The molecule has 2 aromatic heterocycles. The number of aromatic nitrogens is 2. The number of nitrogens with zero attached hydrogens (tertiary/aromatic N) is 1. The number of aromatic amines is 1. The van der Waals surface area contributed by atoms with E-state index in [0.29, 0.717) is 22.8 Å². The van der Waals surface area contributed by atoms with Crippen LogP contribution in [-0.2, 0) is 25.7 Å². The SMILES string of the molecule is CCNC(=O)C(=O)CC[C@H](NC(=O)c1c[nH]c2ccccc12)C(=O)Nc1cccn(CC(=O)NC2C3CC4CC(C3)CC2C4)c1=O. The number of fused-ring (bicyclic) bond motifs is 1. The largest absolute Gasteiger partial charge is 0.360 e. The van der Waals surface area contributed by atoms with Crippen molar-refractivity contribution >= 4 is 46.0 Å². The topological polar surface area (TPSA) is 171 Å². The number of anilines is 1. The van der Waals surface area contributed by atoms with Gasteiger partial charge in [0.2, 0.25) is 17.6 Å². The zero-order valence-corrected chi connectivity index (χ0v) is 25.8. The smallest absolute Gasteiger partial charge is 0.287 e. The standard InChI is InChI=1S/C34H40N6O6/c1-2-35-33(45)28(41)10-9-26(37-31(43)24-17-36-25-7-4-3-6-23(24)25)32(44)38-27-8-5-11-40(34(27)46)18-29(42)39-30-21-13-19-12-20(15-21)16-22(30)14-19/h3-8,11,17,19-22,26,30,36H,2,9-10,12-16,18H2,1H3,(H,35,45)(H,37,43)(H,38,44)(H,39,42)/t19?,20?,21?,22?,26-,30?/m0/s1. The first-order chi connectivity index (χ1) is 22.2. The summed E-state index contributed by atoms with van der Waals surface area (Å²) in [5, 5.41) is 11.5. The molecule has 0 aliphatic heterocycles. The van der Waals surface area contributed by atoms with Crippen molar-refractivity contribution in [1.82, 2.24) is 25.5 Å². The van der Waals surface area contributed by atoms with Crippen molar-refractivity contribution in [2.45, 2.75) is 70.5 Å². The van der Waals surface area contributed by atoms with Crippen LogP contribution >= 0.6 is 0 Å². The highest BCUT2D eigenvalue weighted by Gasteiger charge is 2.48. The summed E-state index contributed by atoms with van der Waals surface area (Å²) in [6, 6.07) is 9.06. The Morgan fingerprint density at radius 3 is 2.39 bits per heavy atom. The van der Waals surface area contributed by atoms with Crippen molar-refractivity contribution in [2.75, 3.05) is 11.9 Å². The number of rotatable bonds is 12. The molecular formula is C34H40N6O6. The lowest BCUT2D eigenvalue weighted by Crippen LogP contribution is -2.56. The number of hydrogen-bond acceptors (Lipinski definition) is 6. The van der Waals surface area contributed by atoms with Crippen LogP contribution < -0.4 is 26.8 Å². The van der Waals surface area contributed by atoms with Gasteiger partial charge in [-0.1, -0.05) is 18.2 Å². The fraction of sp³-hybridized carbons (Fsp3) is 0.471. The number of para-hydroxylation sites is 1. The van der Waals surface area contributed by atoms with Gasteiger partial charge in [0.05, 0.1) is 5.56 Å². The van der Waals surface area contributed by atoms with Crippen LogP contribution in [0.1, 0.15) is 62.2 Å². The molecule has 3 aromatic rings. The third-order valence-electron chi connectivity index (χ3n) is 9.85. The Labute approximate surface area is 266 Å². The Bertz CT molecular complexity index is 1700. The fourth-order valence-corrected chi connectivity index (χ4v) is 7.94. The summed E-state index contributed by atoms with van der Waals surface area (Å²) in [7, 11) is 0. The van der Waals surface area contributed by atoms with Gasteiger partial charge in [-0.2, -0.15) is 0 Å². The van der Waals surface area contributed by atoms with Crippen LogP contribution in [0.3, 0.4) is 0 Å². The number of nitrogens with one attached hydrogen (secondary N) is 5. The quantitative estimate of drug-likeness (QED) is 0.193. The highest BCUT2D eigenvalue weighted by Crippen LogP contribution is 2.53. The van der Waals surface area contributed by atoms with Gasteiger partial charge in [-0.25, -0.2) is 0 Å². The zero-order valence-electron chi connectivity index (χ0n) is 25.8. The van der Waals surface area contributed by atoms with Crippen LogP contribution in [0.25, 0.3) is 10.9 Å². The summed E-state index contributed by atoms with van der Waals surface area (Å²) in [4.78, 5) is 80.6. The van der Waals surface area contributed by atoms with Crippen molar-refractivity contribution in [3.8, 4) is 0 Å². The zero-order chi connectivity index (χ0) is 32.4. The van der Waals surface area contributed by atoms with Crippen molar-refractivity contribution in [3.63, 3.8) is 0 Å². The first kappa shape index (κ1) is 31.3. The molecule has 242 valence electrons.